The maximum Gasteiger partial charge on any atom is -0.0132 e. The van der Waals surface area contributed by atoms with Crippen molar-refractivity contribution < 1.29 is 0 Å². The fourth-order valence-corrected chi connectivity index (χ4v) is 1.91. The second-order valence-electron chi connectivity index (χ2n) is 3.27. The topological polar surface area (TPSA) is 0 Å². The molecular formula is C10H18. The molecule has 0 aromatic heterocycles. The molecule has 3 unspecified atom stereocenters. The standard InChI is InChI=1S/C8H12.C2H6/c1-5-3-7-6(2)8(7)4-5;1-2/h3,5-6,8H,4H2,1-2H3;1-2H3. The Bertz CT molecular complexity index is 144. The Morgan fingerprint density at radius 2 is 1.90 bits per heavy atom. The average molecular weight is 138 g/mol. The first-order valence-corrected chi connectivity index (χ1v) is 4.50. The van der Waals surface area contributed by atoms with Crippen LogP contribution in [0.2, 0.25) is 0 Å². The molecule has 0 bridgehead atoms. The number of rotatable bonds is 0. The highest BCUT2D eigenvalue weighted by Gasteiger charge is 2.44. The lowest BCUT2D eigenvalue weighted by Gasteiger charge is -1.98. The smallest absolute Gasteiger partial charge is 0.0132 e. The molecule has 3 atom stereocenters. The van der Waals surface area contributed by atoms with E-state index in [0.717, 1.165) is 17.8 Å². The van der Waals surface area contributed by atoms with Crippen molar-refractivity contribution >= 4 is 0 Å². The highest BCUT2D eigenvalue weighted by molar-refractivity contribution is 5.33. The quantitative estimate of drug-likeness (QED) is 0.451. The fourth-order valence-electron chi connectivity index (χ4n) is 1.91. The molecule has 1 fully saturated rings. The monoisotopic (exact) mass is 138 g/mol. The second kappa shape index (κ2) is 2.77. The summed E-state index contributed by atoms with van der Waals surface area (Å²) in [5.74, 6) is 2.88. The first-order chi connectivity index (χ1) is 4.79. The van der Waals surface area contributed by atoms with Crippen LogP contribution >= 0.6 is 0 Å². The van der Waals surface area contributed by atoms with Crippen LogP contribution in [-0.2, 0) is 0 Å². The summed E-state index contributed by atoms with van der Waals surface area (Å²) < 4.78 is 0. The summed E-state index contributed by atoms with van der Waals surface area (Å²) in [5.41, 5.74) is 1.75. The minimum Gasteiger partial charge on any atom is -0.0819 e. The van der Waals surface area contributed by atoms with Crippen LogP contribution < -0.4 is 0 Å². The zero-order valence-electron chi connectivity index (χ0n) is 7.52. The van der Waals surface area contributed by atoms with Gasteiger partial charge in [0.2, 0.25) is 0 Å². The summed E-state index contributed by atoms with van der Waals surface area (Å²) in [5, 5.41) is 0. The fraction of sp³-hybridized carbons (Fsp3) is 0.800. The van der Waals surface area contributed by atoms with Crippen molar-refractivity contribution in [1.29, 1.82) is 0 Å². The van der Waals surface area contributed by atoms with Crippen LogP contribution in [-0.4, -0.2) is 0 Å². The Hall–Kier alpha value is -0.260. The van der Waals surface area contributed by atoms with Crippen molar-refractivity contribution in [3.63, 3.8) is 0 Å². The van der Waals surface area contributed by atoms with Crippen molar-refractivity contribution in [2.75, 3.05) is 0 Å². The highest BCUT2D eigenvalue weighted by Crippen LogP contribution is 2.54. The van der Waals surface area contributed by atoms with Crippen molar-refractivity contribution in [3.8, 4) is 0 Å². The van der Waals surface area contributed by atoms with Gasteiger partial charge in [0.25, 0.3) is 0 Å². The van der Waals surface area contributed by atoms with Crippen LogP contribution in [0.1, 0.15) is 34.1 Å². The third kappa shape index (κ3) is 1.12. The van der Waals surface area contributed by atoms with Gasteiger partial charge < -0.3 is 0 Å². The summed E-state index contributed by atoms with van der Waals surface area (Å²) in [4.78, 5) is 0. The first-order valence-electron chi connectivity index (χ1n) is 4.50. The van der Waals surface area contributed by atoms with Gasteiger partial charge in [0.15, 0.2) is 0 Å². The molecule has 0 aliphatic heterocycles. The van der Waals surface area contributed by atoms with Gasteiger partial charge in [-0.25, -0.2) is 0 Å². The van der Waals surface area contributed by atoms with E-state index in [4.69, 9.17) is 0 Å². The van der Waals surface area contributed by atoms with E-state index in [1.807, 2.05) is 13.8 Å². The van der Waals surface area contributed by atoms with Gasteiger partial charge in [-0.15, -0.1) is 0 Å². The van der Waals surface area contributed by atoms with Gasteiger partial charge in [-0.3, -0.25) is 0 Å². The molecule has 2 aliphatic carbocycles. The van der Waals surface area contributed by atoms with E-state index in [2.05, 4.69) is 19.9 Å². The SMILES string of the molecule is CC.CC1C=C2C(C)C2C1. The van der Waals surface area contributed by atoms with E-state index in [1.54, 1.807) is 5.57 Å². The Balaban J connectivity index is 0.000000231. The van der Waals surface area contributed by atoms with Crippen molar-refractivity contribution in [3.05, 3.63) is 11.6 Å². The first kappa shape index (κ1) is 7.84. The van der Waals surface area contributed by atoms with E-state index in [9.17, 15) is 0 Å². The van der Waals surface area contributed by atoms with Crippen LogP contribution in [0.4, 0.5) is 0 Å². The molecule has 0 amide bonds. The molecule has 0 spiro atoms. The van der Waals surface area contributed by atoms with Gasteiger partial charge in [0.1, 0.15) is 0 Å². The van der Waals surface area contributed by atoms with Crippen molar-refractivity contribution in [2.45, 2.75) is 34.1 Å². The number of allylic oxidation sites excluding steroid dienone is 2. The van der Waals surface area contributed by atoms with Gasteiger partial charge >= 0.3 is 0 Å². The summed E-state index contributed by atoms with van der Waals surface area (Å²) >= 11 is 0. The number of hydrogen-bond acceptors (Lipinski definition) is 0. The molecule has 10 heavy (non-hydrogen) atoms. The van der Waals surface area contributed by atoms with Gasteiger partial charge in [0, 0.05) is 0 Å². The zero-order valence-corrected chi connectivity index (χ0v) is 7.52. The van der Waals surface area contributed by atoms with Crippen LogP contribution in [0, 0.1) is 17.8 Å². The van der Waals surface area contributed by atoms with Crippen molar-refractivity contribution in [1.82, 2.24) is 0 Å². The van der Waals surface area contributed by atoms with Crippen LogP contribution in [0.3, 0.4) is 0 Å². The molecule has 2 aliphatic rings. The van der Waals surface area contributed by atoms with Gasteiger partial charge in [-0.05, 0) is 24.2 Å². The predicted molar refractivity (Wildman–Crippen MR) is 45.9 cm³/mol. The Kier molecular flexibility index (Phi) is 2.18. The third-order valence-electron chi connectivity index (χ3n) is 2.55. The second-order valence-corrected chi connectivity index (χ2v) is 3.27. The van der Waals surface area contributed by atoms with Gasteiger partial charge in [-0.1, -0.05) is 39.3 Å². The average Bonchev–Trinajstić information content (AvgIpc) is 2.45. The van der Waals surface area contributed by atoms with E-state index < -0.39 is 0 Å². The number of fused-ring (bicyclic) bond motifs is 1. The minimum absolute atomic E-state index is 0.895. The molecule has 0 aromatic rings. The van der Waals surface area contributed by atoms with E-state index in [-0.39, 0.29) is 0 Å². The van der Waals surface area contributed by atoms with Gasteiger partial charge in [-0.2, -0.15) is 0 Å². The Labute approximate surface area is 64.3 Å². The molecule has 0 heteroatoms. The normalized spacial score (nSPS) is 41.2. The number of hydrogen-bond donors (Lipinski definition) is 0. The molecule has 0 radical (unpaired) electrons. The van der Waals surface area contributed by atoms with Crippen LogP contribution in [0.5, 0.6) is 0 Å². The lowest BCUT2D eigenvalue weighted by molar-refractivity contribution is 0.583. The summed E-state index contributed by atoms with van der Waals surface area (Å²) in [6.07, 6.45) is 3.89. The van der Waals surface area contributed by atoms with Crippen LogP contribution in [0.25, 0.3) is 0 Å². The largest absolute Gasteiger partial charge is 0.0819 e. The molecule has 1 saturated carbocycles. The maximum absolute atomic E-state index is 2.45. The summed E-state index contributed by atoms with van der Waals surface area (Å²) in [6.45, 7) is 8.65. The van der Waals surface area contributed by atoms with E-state index in [1.165, 1.54) is 6.42 Å². The van der Waals surface area contributed by atoms with Crippen molar-refractivity contribution in [2.24, 2.45) is 17.8 Å². The molecule has 58 valence electrons. The molecule has 0 nitrogen and oxygen atoms in total. The third-order valence-corrected chi connectivity index (χ3v) is 2.55. The maximum atomic E-state index is 2.45. The van der Waals surface area contributed by atoms with E-state index in [0.29, 0.717) is 0 Å². The summed E-state index contributed by atoms with van der Waals surface area (Å²) in [6, 6.07) is 0. The predicted octanol–water partition coefficient (Wildman–Crippen LogP) is 3.24. The Morgan fingerprint density at radius 3 is 2.20 bits per heavy atom. The molecule has 0 saturated heterocycles. The zero-order chi connectivity index (χ0) is 7.72. The molecule has 2 rings (SSSR count). The lowest BCUT2D eigenvalue weighted by Crippen LogP contribution is -1.88. The molecule has 0 aromatic carbocycles. The molecular weight excluding hydrogens is 120 g/mol. The summed E-state index contributed by atoms with van der Waals surface area (Å²) in [7, 11) is 0. The lowest BCUT2D eigenvalue weighted by atomic mass is 10.1. The highest BCUT2D eigenvalue weighted by atomic mass is 14.5. The molecule has 0 heterocycles. The Morgan fingerprint density at radius 1 is 1.30 bits per heavy atom. The van der Waals surface area contributed by atoms with E-state index >= 15 is 0 Å². The van der Waals surface area contributed by atoms with Crippen LogP contribution in [0.15, 0.2) is 11.6 Å². The minimum atomic E-state index is 0.895. The van der Waals surface area contributed by atoms with Gasteiger partial charge in [0.05, 0.1) is 0 Å². The molecule has 0 N–H and O–H groups in total.